The van der Waals surface area contributed by atoms with E-state index in [2.05, 4.69) is 20.8 Å². The number of hydrogen-bond acceptors (Lipinski definition) is 5. The van der Waals surface area contributed by atoms with E-state index in [0.717, 1.165) is 5.39 Å². The van der Waals surface area contributed by atoms with Gasteiger partial charge in [0.25, 0.3) is 11.8 Å². The molecule has 0 aliphatic carbocycles. The van der Waals surface area contributed by atoms with E-state index in [1.54, 1.807) is 43.3 Å². The highest BCUT2D eigenvalue weighted by atomic mass is 16.3. The monoisotopic (exact) mass is 406 g/mol. The Kier molecular flexibility index (Phi) is 6.43. The maximum Gasteiger partial charge on any atom is 0.287 e. The molecule has 0 aliphatic heterocycles. The Balaban J connectivity index is 1.52. The number of nitrogens with one attached hydrogen (secondary N) is 2. The molecule has 0 radical (unpaired) electrons. The number of para-hydroxylation sites is 1. The first-order valence-electron chi connectivity index (χ1n) is 9.22. The number of nitrogens with two attached hydrogens (primary N) is 2. The molecule has 0 fully saturated rings. The van der Waals surface area contributed by atoms with E-state index in [9.17, 15) is 9.59 Å². The Morgan fingerprint density at radius 2 is 1.60 bits per heavy atom. The molecule has 2 amide bonds. The third kappa shape index (κ3) is 5.22. The molecule has 6 N–H and O–H groups in total. The third-order valence-electron chi connectivity index (χ3n) is 4.20. The first kappa shape index (κ1) is 20.6. The summed E-state index contributed by atoms with van der Waals surface area (Å²) in [7, 11) is 0. The lowest BCUT2D eigenvalue weighted by molar-refractivity contribution is 0.0912. The minimum absolute atomic E-state index is 0.145. The molecule has 0 atom stereocenters. The van der Waals surface area contributed by atoms with Crippen LogP contribution in [-0.4, -0.2) is 36.6 Å². The molecule has 30 heavy (non-hydrogen) atoms. The lowest BCUT2D eigenvalue weighted by atomic mass is 10.1. The van der Waals surface area contributed by atoms with Crippen LogP contribution in [0.5, 0.6) is 0 Å². The third-order valence-corrected chi connectivity index (χ3v) is 4.20. The van der Waals surface area contributed by atoms with Crippen LogP contribution in [0.1, 0.15) is 33.4 Å². The van der Waals surface area contributed by atoms with Crippen LogP contribution >= 0.6 is 0 Å². The minimum atomic E-state index is -0.339. The Morgan fingerprint density at radius 1 is 0.900 bits per heavy atom. The number of furan rings is 1. The van der Waals surface area contributed by atoms with Crippen molar-refractivity contribution in [3.05, 3.63) is 71.5 Å². The highest BCUT2D eigenvalue weighted by Gasteiger charge is 2.12. The van der Waals surface area contributed by atoms with Crippen LogP contribution < -0.4 is 22.1 Å². The van der Waals surface area contributed by atoms with Gasteiger partial charge in [0.15, 0.2) is 5.76 Å². The molecule has 0 bridgehead atoms. The SMILES string of the molecule is CC(=NN=C(N)N)c1cccc(C(=O)NCCNC(=O)c2cc3ccccc3o2)c1. The van der Waals surface area contributed by atoms with Crippen LogP contribution in [0.3, 0.4) is 0 Å². The summed E-state index contributed by atoms with van der Waals surface area (Å²) < 4.78 is 5.51. The van der Waals surface area contributed by atoms with Gasteiger partial charge in [-0.2, -0.15) is 5.10 Å². The number of fused-ring (bicyclic) bond motifs is 1. The quantitative estimate of drug-likeness (QED) is 0.203. The zero-order valence-electron chi connectivity index (χ0n) is 16.4. The smallest absolute Gasteiger partial charge is 0.287 e. The maximum absolute atomic E-state index is 12.4. The average Bonchev–Trinajstić information content (AvgIpc) is 3.19. The number of nitrogens with zero attached hydrogens (tertiary/aromatic N) is 2. The first-order chi connectivity index (χ1) is 14.4. The fourth-order valence-electron chi connectivity index (χ4n) is 2.71. The van der Waals surface area contributed by atoms with E-state index in [-0.39, 0.29) is 36.6 Å². The Hall–Kier alpha value is -4.14. The van der Waals surface area contributed by atoms with Gasteiger partial charge >= 0.3 is 0 Å². The van der Waals surface area contributed by atoms with E-state index in [0.29, 0.717) is 22.4 Å². The molecular weight excluding hydrogens is 384 g/mol. The maximum atomic E-state index is 12.4. The van der Waals surface area contributed by atoms with E-state index < -0.39 is 0 Å². The Morgan fingerprint density at radius 3 is 2.33 bits per heavy atom. The highest BCUT2D eigenvalue weighted by Crippen LogP contribution is 2.18. The van der Waals surface area contributed by atoms with Gasteiger partial charge in [-0.25, -0.2) is 0 Å². The first-order valence-corrected chi connectivity index (χ1v) is 9.22. The van der Waals surface area contributed by atoms with Gasteiger partial charge in [0.1, 0.15) is 5.58 Å². The van der Waals surface area contributed by atoms with Crippen LogP contribution in [0, 0.1) is 0 Å². The molecule has 9 heteroatoms. The predicted octanol–water partition coefficient (Wildman–Crippen LogP) is 1.59. The van der Waals surface area contributed by atoms with Gasteiger partial charge in [-0.3, -0.25) is 9.59 Å². The summed E-state index contributed by atoms with van der Waals surface area (Å²) in [5, 5.41) is 13.8. The zero-order valence-corrected chi connectivity index (χ0v) is 16.4. The Bertz CT molecular complexity index is 1100. The number of hydrogen-bond donors (Lipinski definition) is 4. The normalized spacial score (nSPS) is 11.2. The lowest BCUT2D eigenvalue weighted by Crippen LogP contribution is -2.34. The van der Waals surface area contributed by atoms with E-state index in [1.165, 1.54) is 0 Å². The lowest BCUT2D eigenvalue weighted by Gasteiger charge is -2.07. The summed E-state index contributed by atoms with van der Waals surface area (Å²) in [6, 6.07) is 16.0. The van der Waals surface area contributed by atoms with Crippen LogP contribution in [0.15, 0.2) is 69.2 Å². The van der Waals surface area contributed by atoms with E-state index in [1.807, 2.05) is 18.2 Å². The molecule has 0 saturated carbocycles. The predicted molar refractivity (Wildman–Crippen MR) is 115 cm³/mol. The summed E-state index contributed by atoms with van der Waals surface area (Å²) in [6.45, 7) is 2.25. The van der Waals surface area contributed by atoms with Crippen molar-refractivity contribution in [2.75, 3.05) is 13.1 Å². The number of benzene rings is 2. The molecule has 3 rings (SSSR count). The molecule has 9 nitrogen and oxygen atoms in total. The molecule has 0 saturated heterocycles. The van der Waals surface area contributed by atoms with Crippen molar-refractivity contribution in [2.45, 2.75) is 6.92 Å². The summed E-state index contributed by atoms with van der Waals surface area (Å²) in [6.07, 6.45) is 0. The minimum Gasteiger partial charge on any atom is -0.451 e. The van der Waals surface area contributed by atoms with Gasteiger partial charge in [-0.15, -0.1) is 5.10 Å². The number of amides is 2. The van der Waals surface area contributed by atoms with E-state index in [4.69, 9.17) is 15.9 Å². The van der Waals surface area contributed by atoms with Gasteiger partial charge in [-0.05, 0) is 36.8 Å². The fraction of sp³-hybridized carbons (Fsp3) is 0.143. The highest BCUT2D eigenvalue weighted by molar-refractivity contribution is 6.02. The van der Waals surface area contributed by atoms with Crippen molar-refractivity contribution in [1.29, 1.82) is 0 Å². The van der Waals surface area contributed by atoms with Crippen molar-refractivity contribution in [3.63, 3.8) is 0 Å². The largest absolute Gasteiger partial charge is 0.451 e. The second-order valence-corrected chi connectivity index (χ2v) is 6.45. The van der Waals surface area contributed by atoms with Crippen LogP contribution in [0.2, 0.25) is 0 Å². The van der Waals surface area contributed by atoms with Crippen molar-refractivity contribution >= 4 is 34.5 Å². The number of rotatable bonds is 7. The van der Waals surface area contributed by atoms with Crippen molar-refractivity contribution in [3.8, 4) is 0 Å². The fourth-order valence-corrected chi connectivity index (χ4v) is 2.71. The molecule has 1 heterocycles. The molecule has 0 spiro atoms. The van der Waals surface area contributed by atoms with Crippen LogP contribution in [0.25, 0.3) is 11.0 Å². The molecule has 1 aromatic heterocycles. The zero-order chi connectivity index (χ0) is 21.5. The summed E-state index contributed by atoms with van der Waals surface area (Å²) >= 11 is 0. The van der Waals surface area contributed by atoms with Crippen LogP contribution in [0.4, 0.5) is 0 Å². The standard InChI is InChI=1S/C21H22N6O3/c1-13(26-27-21(22)23)14-6-4-7-16(11-14)19(28)24-9-10-25-20(29)18-12-15-5-2-3-8-17(15)30-18/h2-8,11-12H,9-10H2,1H3,(H,24,28)(H,25,29)(H4,22,23,27). The molecule has 2 aromatic carbocycles. The van der Waals surface area contributed by atoms with Crippen molar-refractivity contribution < 1.29 is 14.0 Å². The van der Waals surface area contributed by atoms with Crippen LogP contribution in [-0.2, 0) is 0 Å². The topological polar surface area (TPSA) is 148 Å². The van der Waals surface area contributed by atoms with Gasteiger partial charge < -0.3 is 26.5 Å². The summed E-state index contributed by atoms with van der Waals surface area (Å²) in [5.74, 6) is -0.530. The molecule has 3 aromatic rings. The summed E-state index contributed by atoms with van der Waals surface area (Å²) in [5.41, 5.74) is 12.9. The number of carbonyl (C=O) groups excluding carboxylic acids is 2. The van der Waals surface area contributed by atoms with Gasteiger partial charge in [0.05, 0.1) is 5.71 Å². The van der Waals surface area contributed by atoms with Gasteiger partial charge in [0, 0.05) is 24.0 Å². The average molecular weight is 406 g/mol. The second-order valence-electron chi connectivity index (χ2n) is 6.45. The summed E-state index contributed by atoms with van der Waals surface area (Å²) in [4.78, 5) is 24.6. The molecular formula is C21H22N6O3. The number of carbonyl (C=O) groups is 2. The van der Waals surface area contributed by atoms with Gasteiger partial charge in [-0.1, -0.05) is 30.3 Å². The molecule has 154 valence electrons. The second kappa shape index (κ2) is 9.37. The number of guanidine groups is 1. The molecule has 0 aliphatic rings. The Labute approximate surface area is 172 Å². The van der Waals surface area contributed by atoms with Crippen molar-refractivity contribution in [1.82, 2.24) is 10.6 Å². The molecule has 0 unspecified atom stereocenters. The van der Waals surface area contributed by atoms with Gasteiger partial charge in [0.2, 0.25) is 5.96 Å². The van der Waals surface area contributed by atoms with Crippen molar-refractivity contribution in [2.24, 2.45) is 21.7 Å². The van der Waals surface area contributed by atoms with E-state index >= 15 is 0 Å².